The Morgan fingerprint density at radius 1 is 1.29 bits per heavy atom. The van der Waals surface area contributed by atoms with Crippen molar-refractivity contribution < 1.29 is 33.7 Å². The standard InChI is InChI=1S/C25H27ClFNO6/c1-25(32,15-7-9-34-10-8-15)16-11-18-22(19(27)12-16)24(33-2)28(23(18)31)20(13-21(29)30)14-3-5-17(26)6-4-14/h3-6,11-12,15,20,24,32H,7-10,13H2,1-2H3,(H,29,30)/t20-,24?,25?/m0/s1. The third-order valence-electron chi connectivity index (χ3n) is 6.88. The molecule has 1 fully saturated rings. The molecule has 0 spiro atoms. The van der Waals surface area contributed by atoms with Gasteiger partial charge in [-0.3, -0.25) is 9.59 Å². The number of carbonyl (C=O) groups excluding carboxylic acids is 1. The van der Waals surface area contributed by atoms with Crippen LogP contribution >= 0.6 is 11.6 Å². The Kier molecular flexibility index (Phi) is 6.96. The topological polar surface area (TPSA) is 96.3 Å². The largest absolute Gasteiger partial charge is 0.481 e. The summed E-state index contributed by atoms with van der Waals surface area (Å²) in [6.45, 7) is 2.63. The number of carbonyl (C=O) groups is 2. The van der Waals surface area contributed by atoms with Crippen LogP contribution in [0.4, 0.5) is 4.39 Å². The third-order valence-corrected chi connectivity index (χ3v) is 7.13. The minimum absolute atomic E-state index is 0.0309. The number of ether oxygens (including phenoxy) is 2. The van der Waals surface area contributed by atoms with Crippen molar-refractivity contribution in [1.82, 2.24) is 4.90 Å². The molecule has 4 rings (SSSR count). The van der Waals surface area contributed by atoms with E-state index in [-0.39, 0.29) is 17.0 Å². The van der Waals surface area contributed by atoms with Crippen LogP contribution in [0.3, 0.4) is 0 Å². The van der Waals surface area contributed by atoms with Gasteiger partial charge < -0.3 is 24.6 Å². The van der Waals surface area contributed by atoms with Crippen molar-refractivity contribution >= 4 is 23.5 Å². The first kappa shape index (κ1) is 24.6. The van der Waals surface area contributed by atoms with Crippen LogP contribution in [0, 0.1) is 11.7 Å². The van der Waals surface area contributed by atoms with E-state index in [0.29, 0.717) is 42.2 Å². The van der Waals surface area contributed by atoms with E-state index in [4.69, 9.17) is 21.1 Å². The first-order chi connectivity index (χ1) is 16.1. The summed E-state index contributed by atoms with van der Waals surface area (Å²) in [5.41, 5.74) is -0.458. The zero-order valence-electron chi connectivity index (χ0n) is 19.0. The second-order valence-electron chi connectivity index (χ2n) is 8.92. The number of nitrogens with zero attached hydrogens (tertiary/aromatic N) is 1. The SMILES string of the molecule is COC1c2c(F)cc(C(C)(O)C3CCOCC3)cc2C(=O)N1[C@@H](CC(=O)O)c1ccc(Cl)cc1. The lowest BCUT2D eigenvalue weighted by molar-refractivity contribution is -0.139. The molecule has 34 heavy (non-hydrogen) atoms. The van der Waals surface area contributed by atoms with Gasteiger partial charge in [-0.15, -0.1) is 0 Å². The molecule has 2 aliphatic rings. The van der Waals surface area contributed by atoms with E-state index >= 15 is 4.39 Å². The summed E-state index contributed by atoms with van der Waals surface area (Å²) in [4.78, 5) is 26.5. The molecule has 2 N–H and O–H groups in total. The van der Waals surface area contributed by atoms with Crippen LogP contribution in [0.2, 0.25) is 5.02 Å². The van der Waals surface area contributed by atoms with Gasteiger partial charge in [-0.25, -0.2) is 4.39 Å². The van der Waals surface area contributed by atoms with Gasteiger partial charge in [0.05, 0.1) is 23.6 Å². The molecule has 2 aromatic rings. The van der Waals surface area contributed by atoms with E-state index in [9.17, 15) is 19.8 Å². The molecule has 0 radical (unpaired) electrons. The number of benzene rings is 2. The van der Waals surface area contributed by atoms with Crippen molar-refractivity contribution in [2.24, 2.45) is 5.92 Å². The normalized spacial score (nSPS) is 21.3. The Morgan fingerprint density at radius 2 is 1.94 bits per heavy atom. The highest BCUT2D eigenvalue weighted by Gasteiger charge is 2.46. The number of carboxylic acids is 1. The first-order valence-corrected chi connectivity index (χ1v) is 11.5. The zero-order valence-corrected chi connectivity index (χ0v) is 19.7. The fraction of sp³-hybridized carbons (Fsp3) is 0.440. The van der Waals surface area contributed by atoms with Gasteiger partial charge in [0.1, 0.15) is 5.82 Å². The van der Waals surface area contributed by atoms with Crippen LogP contribution in [-0.4, -0.2) is 47.3 Å². The number of carboxylic acid groups (broad SMARTS) is 1. The molecule has 182 valence electrons. The molecule has 1 amide bonds. The van der Waals surface area contributed by atoms with Crippen LogP contribution in [0.15, 0.2) is 36.4 Å². The van der Waals surface area contributed by atoms with Gasteiger partial charge in [-0.2, -0.15) is 0 Å². The highest BCUT2D eigenvalue weighted by molar-refractivity contribution is 6.30. The maximum atomic E-state index is 15.5. The summed E-state index contributed by atoms with van der Waals surface area (Å²) in [7, 11) is 1.34. The lowest BCUT2D eigenvalue weighted by Gasteiger charge is -2.36. The summed E-state index contributed by atoms with van der Waals surface area (Å²) in [6.07, 6.45) is -0.298. The van der Waals surface area contributed by atoms with Crippen LogP contribution in [-0.2, 0) is 19.9 Å². The smallest absolute Gasteiger partial charge is 0.305 e. The molecule has 0 aromatic heterocycles. The molecule has 2 heterocycles. The minimum Gasteiger partial charge on any atom is -0.481 e. The zero-order chi connectivity index (χ0) is 24.6. The van der Waals surface area contributed by atoms with Gasteiger partial charge in [0.15, 0.2) is 6.23 Å². The Morgan fingerprint density at radius 3 is 2.53 bits per heavy atom. The highest BCUT2D eigenvalue weighted by Crippen LogP contribution is 2.45. The van der Waals surface area contributed by atoms with E-state index < -0.39 is 42.0 Å². The average molecular weight is 492 g/mol. The molecule has 0 saturated carbocycles. The van der Waals surface area contributed by atoms with Gasteiger partial charge in [-0.05, 0) is 61.1 Å². The van der Waals surface area contributed by atoms with Crippen molar-refractivity contribution in [3.05, 3.63) is 69.5 Å². The van der Waals surface area contributed by atoms with Gasteiger partial charge in [0, 0.05) is 30.9 Å². The average Bonchev–Trinajstić information content (AvgIpc) is 3.10. The van der Waals surface area contributed by atoms with Gasteiger partial charge in [0.2, 0.25) is 0 Å². The summed E-state index contributed by atoms with van der Waals surface area (Å²) < 4.78 is 26.4. The number of methoxy groups -OCH3 is 1. The lowest BCUT2D eigenvalue weighted by Crippen LogP contribution is -2.36. The quantitative estimate of drug-likeness (QED) is 0.595. The molecule has 0 bridgehead atoms. The Balaban J connectivity index is 1.77. The molecular formula is C25H27ClFNO6. The molecule has 7 nitrogen and oxygen atoms in total. The van der Waals surface area contributed by atoms with Crippen molar-refractivity contribution in [2.75, 3.05) is 20.3 Å². The van der Waals surface area contributed by atoms with Crippen molar-refractivity contribution in [3.8, 4) is 0 Å². The number of fused-ring (bicyclic) bond motifs is 1. The number of rotatable bonds is 7. The maximum absolute atomic E-state index is 15.5. The van der Waals surface area contributed by atoms with E-state index in [0.717, 1.165) is 0 Å². The highest BCUT2D eigenvalue weighted by atomic mass is 35.5. The van der Waals surface area contributed by atoms with E-state index in [1.54, 1.807) is 31.2 Å². The number of halogens is 2. The third kappa shape index (κ3) is 4.43. The maximum Gasteiger partial charge on any atom is 0.305 e. The van der Waals surface area contributed by atoms with Crippen LogP contribution in [0.5, 0.6) is 0 Å². The summed E-state index contributed by atoms with van der Waals surface area (Å²) >= 11 is 5.98. The monoisotopic (exact) mass is 491 g/mol. The Bertz CT molecular complexity index is 1080. The van der Waals surface area contributed by atoms with E-state index in [2.05, 4.69) is 0 Å². The molecule has 0 aliphatic carbocycles. The predicted octanol–water partition coefficient (Wildman–Crippen LogP) is 4.43. The number of amides is 1. The van der Waals surface area contributed by atoms with Crippen LogP contribution in [0.1, 0.15) is 65.5 Å². The minimum atomic E-state index is -1.37. The Labute approximate surface area is 202 Å². The molecule has 2 aromatic carbocycles. The van der Waals surface area contributed by atoms with Crippen molar-refractivity contribution in [1.29, 1.82) is 0 Å². The van der Waals surface area contributed by atoms with Gasteiger partial charge >= 0.3 is 5.97 Å². The van der Waals surface area contributed by atoms with Gasteiger partial charge in [-0.1, -0.05) is 23.7 Å². The molecular weight excluding hydrogens is 465 g/mol. The number of hydrogen-bond donors (Lipinski definition) is 2. The molecule has 2 unspecified atom stereocenters. The second kappa shape index (κ2) is 9.62. The van der Waals surface area contributed by atoms with Crippen molar-refractivity contribution in [2.45, 2.75) is 44.1 Å². The number of aliphatic hydroxyl groups is 1. The molecule has 3 atom stereocenters. The second-order valence-corrected chi connectivity index (χ2v) is 9.36. The van der Waals surface area contributed by atoms with Crippen molar-refractivity contribution in [3.63, 3.8) is 0 Å². The summed E-state index contributed by atoms with van der Waals surface area (Å²) in [6, 6.07) is 8.30. The molecule has 2 aliphatic heterocycles. The number of aliphatic carboxylic acids is 1. The summed E-state index contributed by atoms with van der Waals surface area (Å²) in [5, 5.41) is 21.3. The molecule has 1 saturated heterocycles. The van der Waals surface area contributed by atoms with Crippen LogP contribution in [0.25, 0.3) is 0 Å². The van der Waals surface area contributed by atoms with Crippen LogP contribution < -0.4 is 0 Å². The fourth-order valence-corrected chi connectivity index (χ4v) is 5.11. The van der Waals surface area contributed by atoms with E-state index in [1.807, 2.05) is 0 Å². The van der Waals surface area contributed by atoms with E-state index in [1.165, 1.54) is 24.1 Å². The lowest BCUT2D eigenvalue weighted by atomic mass is 9.78. The Hall–Kier alpha value is -2.52. The van der Waals surface area contributed by atoms with Gasteiger partial charge in [0.25, 0.3) is 5.91 Å². The predicted molar refractivity (Wildman–Crippen MR) is 122 cm³/mol. The number of hydrogen-bond acceptors (Lipinski definition) is 5. The first-order valence-electron chi connectivity index (χ1n) is 11.1. The molecule has 9 heteroatoms. The fourth-order valence-electron chi connectivity index (χ4n) is 4.98. The summed E-state index contributed by atoms with van der Waals surface area (Å²) in [5.74, 6) is -2.53.